The molecule has 0 radical (unpaired) electrons. The summed E-state index contributed by atoms with van der Waals surface area (Å²) in [7, 11) is 0. The van der Waals surface area contributed by atoms with Crippen molar-refractivity contribution in [3.8, 4) is 5.00 Å². The summed E-state index contributed by atoms with van der Waals surface area (Å²) in [6.07, 6.45) is 3.29. The first kappa shape index (κ1) is 14.9. The maximum Gasteiger partial charge on any atom is 0.378 e. The molecule has 1 aliphatic rings. The summed E-state index contributed by atoms with van der Waals surface area (Å²) < 4.78 is 1.98. The third-order valence-electron chi connectivity index (χ3n) is 3.67. The van der Waals surface area contributed by atoms with Crippen molar-refractivity contribution in [2.24, 2.45) is 0 Å². The zero-order valence-electron chi connectivity index (χ0n) is 12.4. The molecule has 22 heavy (non-hydrogen) atoms. The fraction of sp³-hybridized carbons (Fsp3) is 0.538. The van der Waals surface area contributed by atoms with Gasteiger partial charge in [0.2, 0.25) is 0 Å². The summed E-state index contributed by atoms with van der Waals surface area (Å²) in [5.74, 6) is 0. The van der Waals surface area contributed by atoms with Gasteiger partial charge in [0.15, 0.2) is 0 Å². The number of hydrazine groups is 1. The minimum atomic E-state index is -0.539. The molecular weight excluding hydrogens is 304 g/mol. The second-order valence-electron chi connectivity index (χ2n) is 5.05. The Morgan fingerprint density at radius 3 is 2.73 bits per heavy atom. The van der Waals surface area contributed by atoms with Crippen molar-refractivity contribution in [2.45, 2.75) is 26.2 Å². The van der Waals surface area contributed by atoms with Crippen LogP contribution in [0.1, 0.15) is 26.2 Å². The van der Waals surface area contributed by atoms with Crippen LogP contribution in [0.25, 0.3) is 5.00 Å². The molecule has 2 aromatic rings. The van der Waals surface area contributed by atoms with Gasteiger partial charge in [-0.3, -0.25) is 5.01 Å². The summed E-state index contributed by atoms with van der Waals surface area (Å²) in [5, 5.41) is 13.6. The molecule has 0 spiro atoms. The van der Waals surface area contributed by atoms with Gasteiger partial charge >= 0.3 is 11.7 Å². The average molecular weight is 322 g/mol. The van der Waals surface area contributed by atoms with E-state index in [1.807, 2.05) is 23.4 Å². The lowest BCUT2D eigenvalue weighted by Gasteiger charge is -2.35. The molecule has 8 nitrogen and oxygen atoms in total. The van der Waals surface area contributed by atoms with E-state index in [2.05, 4.69) is 10.4 Å². The highest BCUT2D eigenvalue weighted by atomic mass is 32.1. The summed E-state index contributed by atoms with van der Waals surface area (Å²) >= 11 is 1.37. The summed E-state index contributed by atoms with van der Waals surface area (Å²) in [6.45, 7) is 4.04. The van der Waals surface area contributed by atoms with Gasteiger partial charge in [0, 0.05) is 19.6 Å². The lowest BCUT2D eigenvalue weighted by atomic mass is 10.2. The molecule has 0 saturated carbocycles. The standard InChI is InChI=1S/C13H18N6O2S/c1-2-17(16-8-4-3-5-9-16)12(20)19-13(21)18(14-15-19)11-7-6-10-22-11/h6-7,10H,2-5,8-9H2,1H3. The highest BCUT2D eigenvalue weighted by Gasteiger charge is 2.26. The first-order chi connectivity index (χ1) is 10.7. The van der Waals surface area contributed by atoms with E-state index in [0.29, 0.717) is 11.5 Å². The van der Waals surface area contributed by atoms with Gasteiger partial charge in [-0.25, -0.2) is 14.6 Å². The largest absolute Gasteiger partial charge is 0.378 e. The molecule has 0 unspecified atom stereocenters. The Balaban J connectivity index is 1.86. The van der Waals surface area contributed by atoms with Crippen molar-refractivity contribution in [2.75, 3.05) is 19.6 Å². The van der Waals surface area contributed by atoms with Crippen LogP contribution in [0.5, 0.6) is 0 Å². The van der Waals surface area contributed by atoms with Crippen molar-refractivity contribution in [1.82, 2.24) is 29.8 Å². The smallest absolute Gasteiger partial charge is 0.255 e. The fourth-order valence-corrected chi connectivity index (χ4v) is 3.25. The maximum absolute atomic E-state index is 12.6. The molecule has 0 aromatic carbocycles. The van der Waals surface area contributed by atoms with E-state index in [1.54, 1.807) is 11.1 Å². The number of amides is 1. The van der Waals surface area contributed by atoms with Crippen LogP contribution in [0.15, 0.2) is 22.3 Å². The number of hydrogen-bond donors (Lipinski definition) is 0. The van der Waals surface area contributed by atoms with Gasteiger partial charge in [-0.15, -0.1) is 20.7 Å². The highest BCUT2D eigenvalue weighted by Crippen LogP contribution is 2.13. The third kappa shape index (κ3) is 2.69. The van der Waals surface area contributed by atoms with E-state index in [9.17, 15) is 9.59 Å². The quantitative estimate of drug-likeness (QED) is 0.793. The number of aromatic nitrogens is 4. The van der Waals surface area contributed by atoms with Crippen LogP contribution in [0.3, 0.4) is 0 Å². The van der Waals surface area contributed by atoms with Gasteiger partial charge in [0.25, 0.3) is 0 Å². The van der Waals surface area contributed by atoms with E-state index in [1.165, 1.54) is 17.8 Å². The van der Waals surface area contributed by atoms with Crippen LogP contribution < -0.4 is 5.69 Å². The number of carbonyl (C=O) groups excluding carboxylic acids is 1. The lowest BCUT2D eigenvalue weighted by molar-refractivity contribution is 0.00116. The van der Waals surface area contributed by atoms with Gasteiger partial charge in [-0.1, -0.05) is 6.42 Å². The van der Waals surface area contributed by atoms with E-state index in [0.717, 1.165) is 35.3 Å². The average Bonchev–Trinajstić information content (AvgIpc) is 3.18. The topological polar surface area (TPSA) is 76.3 Å². The van der Waals surface area contributed by atoms with Crippen LogP contribution in [0.4, 0.5) is 4.79 Å². The number of tetrazole rings is 1. The van der Waals surface area contributed by atoms with Gasteiger partial charge in [0.1, 0.15) is 5.00 Å². The molecule has 1 aliphatic heterocycles. The fourth-order valence-electron chi connectivity index (χ4n) is 2.58. The number of nitrogens with zero attached hydrogens (tertiary/aromatic N) is 6. The molecule has 1 fully saturated rings. The normalized spacial score (nSPS) is 15.9. The predicted octanol–water partition coefficient (Wildman–Crippen LogP) is 1.18. The number of rotatable bonds is 3. The predicted molar refractivity (Wildman–Crippen MR) is 82.1 cm³/mol. The van der Waals surface area contributed by atoms with Crippen molar-refractivity contribution in [3.63, 3.8) is 0 Å². The van der Waals surface area contributed by atoms with Crippen molar-refractivity contribution < 1.29 is 4.79 Å². The molecule has 0 N–H and O–H groups in total. The number of thiophene rings is 1. The number of hydrogen-bond acceptors (Lipinski definition) is 6. The van der Waals surface area contributed by atoms with E-state index >= 15 is 0 Å². The molecule has 2 aromatic heterocycles. The van der Waals surface area contributed by atoms with E-state index < -0.39 is 11.7 Å². The molecule has 1 saturated heterocycles. The lowest BCUT2D eigenvalue weighted by Crippen LogP contribution is -2.52. The maximum atomic E-state index is 12.6. The Hall–Kier alpha value is -2.00. The Morgan fingerprint density at radius 2 is 2.09 bits per heavy atom. The van der Waals surface area contributed by atoms with E-state index in [-0.39, 0.29) is 0 Å². The zero-order valence-corrected chi connectivity index (χ0v) is 13.2. The zero-order chi connectivity index (χ0) is 15.5. The molecule has 118 valence electrons. The Labute approximate surface area is 131 Å². The van der Waals surface area contributed by atoms with Crippen molar-refractivity contribution in [3.05, 3.63) is 28.0 Å². The van der Waals surface area contributed by atoms with Gasteiger partial charge in [0.05, 0.1) is 0 Å². The highest BCUT2D eigenvalue weighted by molar-refractivity contribution is 7.12. The van der Waals surface area contributed by atoms with Crippen LogP contribution in [-0.4, -0.2) is 55.5 Å². The van der Waals surface area contributed by atoms with Crippen LogP contribution in [-0.2, 0) is 0 Å². The molecular formula is C13H18N6O2S. The first-order valence-corrected chi connectivity index (χ1v) is 8.26. The second-order valence-corrected chi connectivity index (χ2v) is 5.98. The molecule has 3 rings (SSSR count). The van der Waals surface area contributed by atoms with Crippen LogP contribution >= 0.6 is 11.3 Å². The minimum Gasteiger partial charge on any atom is -0.255 e. The number of piperidine rings is 1. The summed E-state index contributed by atoms with van der Waals surface area (Å²) in [5.41, 5.74) is -0.539. The molecule has 0 bridgehead atoms. The summed E-state index contributed by atoms with van der Waals surface area (Å²) in [6, 6.07) is 3.13. The molecule has 0 aliphatic carbocycles. The van der Waals surface area contributed by atoms with Crippen LogP contribution in [0, 0.1) is 0 Å². The van der Waals surface area contributed by atoms with Crippen LogP contribution in [0.2, 0.25) is 0 Å². The molecule has 0 atom stereocenters. The van der Waals surface area contributed by atoms with Gasteiger partial charge in [-0.2, -0.15) is 0 Å². The Morgan fingerprint density at radius 1 is 1.32 bits per heavy atom. The monoisotopic (exact) mass is 322 g/mol. The second kappa shape index (κ2) is 6.41. The minimum absolute atomic E-state index is 0.447. The van der Waals surface area contributed by atoms with Crippen molar-refractivity contribution in [1.29, 1.82) is 0 Å². The molecule has 9 heteroatoms. The third-order valence-corrected chi connectivity index (χ3v) is 4.52. The molecule has 1 amide bonds. The SMILES string of the molecule is CCN(C(=O)n1nnn(-c2cccs2)c1=O)N1CCCCC1. The Bertz CT molecular complexity index is 686. The van der Waals surface area contributed by atoms with E-state index in [4.69, 9.17) is 0 Å². The first-order valence-electron chi connectivity index (χ1n) is 7.38. The van der Waals surface area contributed by atoms with Crippen molar-refractivity contribution >= 4 is 17.4 Å². The number of carbonyl (C=O) groups is 1. The van der Waals surface area contributed by atoms with Gasteiger partial charge in [-0.05, 0) is 47.7 Å². The Kier molecular flexibility index (Phi) is 4.34. The molecule has 3 heterocycles. The summed E-state index contributed by atoms with van der Waals surface area (Å²) in [4.78, 5) is 25.0. The van der Waals surface area contributed by atoms with Gasteiger partial charge < -0.3 is 0 Å².